The number of carbonyl (C=O) groups is 1. The summed E-state index contributed by atoms with van der Waals surface area (Å²) in [7, 11) is 0. The van der Waals surface area contributed by atoms with Crippen molar-refractivity contribution in [3.63, 3.8) is 0 Å². The van der Waals surface area contributed by atoms with Crippen molar-refractivity contribution in [2.45, 2.75) is 46.1 Å². The maximum atomic E-state index is 11.9. The Bertz CT molecular complexity index is 583. The molecule has 0 atom stereocenters. The average Bonchev–Trinajstić information content (AvgIpc) is 2.49. The van der Waals surface area contributed by atoms with Gasteiger partial charge in [0.05, 0.1) is 5.03 Å². The van der Waals surface area contributed by atoms with Gasteiger partial charge in [-0.3, -0.25) is 10.2 Å². The van der Waals surface area contributed by atoms with Gasteiger partial charge in [0.15, 0.2) is 0 Å². The Labute approximate surface area is 137 Å². The summed E-state index contributed by atoms with van der Waals surface area (Å²) in [4.78, 5) is 11.9. The smallest absolute Gasteiger partial charge is 0.271 e. The molecule has 1 rings (SSSR count). The van der Waals surface area contributed by atoms with Gasteiger partial charge in [-0.05, 0) is 23.0 Å². The molecule has 1 aromatic carbocycles. The van der Waals surface area contributed by atoms with E-state index in [0.29, 0.717) is 18.7 Å². The second-order valence-corrected chi connectivity index (χ2v) is 6.58. The number of nitrogens with one attached hydrogen (secondary N) is 2. The molecule has 1 aromatic rings. The molecule has 0 saturated carbocycles. The van der Waals surface area contributed by atoms with Gasteiger partial charge in [-0.25, -0.2) is 0 Å². The second kappa shape index (κ2) is 7.45. The van der Waals surface area contributed by atoms with Crippen LogP contribution >= 0.6 is 11.6 Å². The highest BCUT2D eigenvalue weighted by molar-refractivity contribution is 6.58. The molecule has 120 valence electrons. The Balaban J connectivity index is 2.67. The minimum atomic E-state index is -0.527. The molecule has 0 heterocycles. The Morgan fingerprint density at radius 3 is 2.27 bits per heavy atom. The van der Waals surface area contributed by atoms with Crippen molar-refractivity contribution in [3.8, 4) is 0 Å². The lowest BCUT2D eigenvalue weighted by atomic mass is 9.87. The SMILES string of the molecule is CCC(N)=C(Cl)C(=N)C(=O)NCc1ccc(C(C)(C)C)cc1. The molecule has 4 N–H and O–H groups in total. The van der Waals surface area contributed by atoms with Crippen LogP contribution in [0.25, 0.3) is 0 Å². The molecule has 0 fully saturated rings. The van der Waals surface area contributed by atoms with Crippen LogP contribution in [0.15, 0.2) is 35.0 Å². The number of amides is 1. The van der Waals surface area contributed by atoms with Crippen molar-refractivity contribution in [1.82, 2.24) is 5.32 Å². The molecule has 1 amide bonds. The molecule has 0 spiro atoms. The van der Waals surface area contributed by atoms with Crippen LogP contribution in [-0.2, 0) is 16.8 Å². The first-order valence-corrected chi connectivity index (χ1v) is 7.65. The third kappa shape index (κ3) is 4.88. The van der Waals surface area contributed by atoms with E-state index < -0.39 is 5.91 Å². The Morgan fingerprint density at radius 2 is 1.82 bits per heavy atom. The van der Waals surface area contributed by atoms with E-state index in [1.165, 1.54) is 5.56 Å². The summed E-state index contributed by atoms with van der Waals surface area (Å²) in [6.07, 6.45) is 0.503. The summed E-state index contributed by atoms with van der Waals surface area (Å²) < 4.78 is 0. The molecule has 0 aliphatic rings. The van der Waals surface area contributed by atoms with E-state index in [1.54, 1.807) is 0 Å². The lowest BCUT2D eigenvalue weighted by Gasteiger charge is -2.19. The minimum absolute atomic E-state index is 0.0167. The van der Waals surface area contributed by atoms with Crippen LogP contribution in [0.5, 0.6) is 0 Å². The molecule has 0 aromatic heterocycles. The molecule has 0 radical (unpaired) electrons. The van der Waals surface area contributed by atoms with Crippen LogP contribution in [0.1, 0.15) is 45.2 Å². The Kier molecular flexibility index (Phi) is 6.18. The zero-order chi connectivity index (χ0) is 16.9. The van der Waals surface area contributed by atoms with E-state index in [2.05, 4.69) is 38.2 Å². The molecule has 0 unspecified atom stereocenters. The number of carbonyl (C=O) groups excluding carboxylic acids is 1. The van der Waals surface area contributed by atoms with Crippen molar-refractivity contribution in [2.24, 2.45) is 5.73 Å². The van der Waals surface area contributed by atoms with Gasteiger partial charge in [0.2, 0.25) is 0 Å². The van der Waals surface area contributed by atoms with E-state index in [1.807, 2.05) is 19.1 Å². The summed E-state index contributed by atoms with van der Waals surface area (Å²) in [6, 6.07) is 8.05. The third-order valence-corrected chi connectivity index (χ3v) is 3.81. The van der Waals surface area contributed by atoms with Gasteiger partial charge in [-0.2, -0.15) is 0 Å². The van der Waals surface area contributed by atoms with Crippen molar-refractivity contribution in [1.29, 1.82) is 5.41 Å². The van der Waals surface area contributed by atoms with Crippen LogP contribution < -0.4 is 11.1 Å². The molecular weight excluding hydrogens is 298 g/mol. The molecule has 0 aliphatic heterocycles. The maximum absolute atomic E-state index is 11.9. The molecule has 4 nitrogen and oxygen atoms in total. The largest absolute Gasteiger partial charge is 0.401 e. The fraction of sp³-hybridized carbons (Fsp3) is 0.412. The topological polar surface area (TPSA) is 79.0 Å². The molecule has 0 aliphatic carbocycles. The predicted molar refractivity (Wildman–Crippen MR) is 92.1 cm³/mol. The van der Waals surface area contributed by atoms with E-state index in [0.717, 1.165) is 5.56 Å². The third-order valence-electron chi connectivity index (χ3n) is 3.38. The highest BCUT2D eigenvalue weighted by Crippen LogP contribution is 2.22. The number of benzene rings is 1. The van der Waals surface area contributed by atoms with Gasteiger partial charge in [0.1, 0.15) is 5.71 Å². The number of rotatable bonds is 5. The minimum Gasteiger partial charge on any atom is -0.401 e. The second-order valence-electron chi connectivity index (χ2n) is 6.20. The number of hydrogen-bond acceptors (Lipinski definition) is 3. The standard InChI is InChI=1S/C17H24ClN3O/c1-5-13(19)14(18)15(20)16(22)21-10-11-6-8-12(9-7-11)17(2,3)4/h6-9,20H,5,10,19H2,1-4H3,(H,21,22). The Hall–Kier alpha value is -1.81. The summed E-state index contributed by atoms with van der Waals surface area (Å²) >= 11 is 5.90. The molecule has 0 bridgehead atoms. The quantitative estimate of drug-likeness (QED) is 0.726. The van der Waals surface area contributed by atoms with Gasteiger partial charge in [0.25, 0.3) is 5.91 Å². The van der Waals surface area contributed by atoms with Crippen molar-refractivity contribution in [3.05, 3.63) is 46.1 Å². The Morgan fingerprint density at radius 1 is 1.27 bits per heavy atom. The first-order valence-electron chi connectivity index (χ1n) is 7.27. The predicted octanol–water partition coefficient (Wildman–Crippen LogP) is 3.44. The normalized spacial score (nSPS) is 12.6. The zero-order valence-corrected chi connectivity index (χ0v) is 14.3. The van der Waals surface area contributed by atoms with Crippen LogP contribution in [0, 0.1) is 5.41 Å². The van der Waals surface area contributed by atoms with E-state index in [-0.39, 0.29) is 16.2 Å². The summed E-state index contributed by atoms with van der Waals surface area (Å²) in [5.41, 5.74) is 7.99. The van der Waals surface area contributed by atoms with Crippen LogP contribution in [-0.4, -0.2) is 11.6 Å². The number of halogens is 1. The fourth-order valence-electron chi connectivity index (χ4n) is 1.81. The first kappa shape index (κ1) is 18.2. The van der Waals surface area contributed by atoms with E-state index >= 15 is 0 Å². The number of hydrogen-bond donors (Lipinski definition) is 3. The van der Waals surface area contributed by atoms with Gasteiger partial charge in [-0.15, -0.1) is 0 Å². The van der Waals surface area contributed by atoms with Crippen LogP contribution in [0.3, 0.4) is 0 Å². The van der Waals surface area contributed by atoms with Crippen LogP contribution in [0.2, 0.25) is 0 Å². The van der Waals surface area contributed by atoms with Crippen molar-refractivity contribution in [2.75, 3.05) is 0 Å². The monoisotopic (exact) mass is 321 g/mol. The van der Waals surface area contributed by atoms with E-state index in [4.69, 9.17) is 22.7 Å². The van der Waals surface area contributed by atoms with Crippen molar-refractivity contribution >= 4 is 23.2 Å². The molecule has 22 heavy (non-hydrogen) atoms. The zero-order valence-electron chi connectivity index (χ0n) is 13.6. The lowest BCUT2D eigenvalue weighted by molar-refractivity contribution is -0.114. The highest BCUT2D eigenvalue weighted by Gasteiger charge is 2.16. The number of allylic oxidation sites excluding steroid dienone is 1. The average molecular weight is 322 g/mol. The lowest BCUT2D eigenvalue weighted by Crippen LogP contribution is -2.31. The van der Waals surface area contributed by atoms with Gasteiger partial charge < -0.3 is 11.1 Å². The molecule has 5 heteroatoms. The number of nitrogens with two attached hydrogens (primary N) is 1. The summed E-state index contributed by atoms with van der Waals surface area (Å²) in [5, 5.41) is 10.4. The molecular formula is C17H24ClN3O. The molecule has 0 saturated heterocycles. The van der Waals surface area contributed by atoms with Gasteiger partial charge in [0, 0.05) is 12.2 Å². The fourth-order valence-corrected chi connectivity index (χ4v) is 2.03. The maximum Gasteiger partial charge on any atom is 0.271 e. The van der Waals surface area contributed by atoms with Gasteiger partial charge in [-0.1, -0.05) is 63.6 Å². The van der Waals surface area contributed by atoms with Crippen molar-refractivity contribution < 1.29 is 4.79 Å². The van der Waals surface area contributed by atoms with Crippen LogP contribution in [0.4, 0.5) is 0 Å². The highest BCUT2D eigenvalue weighted by atomic mass is 35.5. The summed E-state index contributed by atoms with van der Waals surface area (Å²) in [5.74, 6) is -0.527. The first-order chi connectivity index (χ1) is 10.2. The summed E-state index contributed by atoms with van der Waals surface area (Å²) in [6.45, 7) is 8.62. The van der Waals surface area contributed by atoms with Gasteiger partial charge >= 0.3 is 0 Å². The van der Waals surface area contributed by atoms with E-state index in [9.17, 15) is 4.79 Å².